The molecule has 6 heteroatoms. The van der Waals surface area contributed by atoms with Gasteiger partial charge in [-0.05, 0) is 23.8 Å². The van der Waals surface area contributed by atoms with E-state index >= 15 is 0 Å². The van der Waals surface area contributed by atoms with Crippen LogP contribution in [0, 0.1) is 11.2 Å². The Morgan fingerprint density at radius 2 is 1.82 bits per heavy atom. The maximum atomic E-state index is 14.6. The highest BCUT2D eigenvalue weighted by Gasteiger charge is 2.35. The van der Waals surface area contributed by atoms with E-state index in [2.05, 4.69) is 0 Å². The summed E-state index contributed by atoms with van der Waals surface area (Å²) in [4.78, 5) is 27.6. The number of anilines is 1. The van der Waals surface area contributed by atoms with Gasteiger partial charge in [-0.25, -0.2) is 4.39 Å². The molecule has 148 valence electrons. The van der Waals surface area contributed by atoms with Crippen molar-refractivity contribution >= 4 is 29.5 Å². The van der Waals surface area contributed by atoms with Gasteiger partial charge >= 0.3 is 0 Å². The van der Waals surface area contributed by atoms with E-state index < -0.39 is 11.2 Å². The van der Waals surface area contributed by atoms with Gasteiger partial charge in [0.25, 0.3) is 0 Å². The molecule has 0 aliphatic carbocycles. The number of benzene rings is 2. The molecule has 1 atom stereocenters. The van der Waals surface area contributed by atoms with Crippen LogP contribution < -0.4 is 4.90 Å². The molecule has 0 unspecified atom stereocenters. The summed E-state index contributed by atoms with van der Waals surface area (Å²) in [5, 5.41) is 0.342. The van der Waals surface area contributed by atoms with E-state index in [1.165, 1.54) is 6.07 Å². The molecule has 0 aromatic heterocycles. The van der Waals surface area contributed by atoms with Gasteiger partial charge in [-0.15, -0.1) is 0 Å². The highest BCUT2D eigenvalue weighted by Crippen LogP contribution is 2.34. The Morgan fingerprint density at radius 1 is 1.14 bits per heavy atom. The van der Waals surface area contributed by atoms with Crippen molar-refractivity contribution in [1.82, 2.24) is 4.90 Å². The molecule has 1 aliphatic heterocycles. The van der Waals surface area contributed by atoms with Crippen LogP contribution in [0.5, 0.6) is 0 Å². The maximum Gasteiger partial charge on any atom is 0.228 e. The predicted molar refractivity (Wildman–Crippen MR) is 109 cm³/mol. The molecule has 0 radical (unpaired) electrons. The van der Waals surface area contributed by atoms with Gasteiger partial charge in [-0.2, -0.15) is 0 Å². The lowest BCUT2D eigenvalue weighted by atomic mass is 9.92. The number of halogens is 2. The lowest BCUT2D eigenvalue weighted by Crippen LogP contribution is -2.53. The average Bonchev–Trinajstić information content (AvgIpc) is 2.66. The Kier molecular flexibility index (Phi) is 5.75. The van der Waals surface area contributed by atoms with E-state index in [-0.39, 0.29) is 11.9 Å². The smallest absolute Gasteiger partial charge is 0.228 e. The van der Waals surface area contributed by atoms with Gasteiger partial charge in [0, 0.05) is 35.6 Å². The molecule has 1 amide bonds. The fourth-order valence-electron chi connectivity index (χ4n) is 3.53. The summed E-state index contributed by atoms with van der Waals surface area (Å²) in [5.74, 6) is -0.323. The molecule has 1 saturated heterocycles. The number of rotatable bonds is 3. The van der Waals surface area contributed by atoms with Gasteiger partial charge in [-0.1, -0.05) is 56.6 Å². The van der Waals surface area contributed by atoms with Gasteiger partial charge in [-0.3, -0.25) is 9.59 Å². The number of aldehydes is 1. The first-order chi connectivity index (χ1) is 13.2. The maximum absolute atomic E-state index is 14.6. The first kappa shape index (κ1) is 20.3. The van der Waals surface area contributed by atoms with E-state index in [1.807, 2.05) is 42.7 Å². The van der Waals surface area contributed by atoms with Crippen molar-refractivity contribution in [1.29, 1.82) is 0 Å². The second kappa shape index (κ2) is 7.92. The lowest BCUT2D eigenvalue weighted by molar-refractivity contribution is -0.140. The summed E-state index contributed by atoms with van der Waals surface area (Å²) in [6.45, 7) is 7.15. The number of amides is 1. The SMILES string of the molecule is CC(C)(C)C(=O)N1CCN(c2ccc(Cl)cc2F)[C@H](c2ccc(C=O)cc2)C1. The fourth-order valence-corrected chi connectivity index (χ4v) is 3.69. The van der Waals surface area contributed by atoms with Crippen molar-refractivity contribution in [3.63, 3.8) is 0 Å². The summed E-state index contributed by atoms with van der Waals surface area (Å²) in [6.07, 6.45) is 0.788. The van der Waals surface area contributed by atoms with E-state index in [0.29, 0.717) is 35.9 Å². The normalized spacial score (nSPS) is 17.5. The van der Waals surface area contributed by atoms with Crippen molar-refractivity contribution in [2.75, 3.05) is 24.5 Å². The van der Waals surface area contributed by atoms with Gasteiger partial charge in [0.2, 0.25) is 5.91 Å². The zero-order valence-electron chi connectivity index (χ0n) is 16.3. The minimum Gasteiger partial charge on any atom is -0.359 e. The molecule has 1 aliphatic rings. The third-order valence-corrected chi connectivity index (χ3v) is 5.22. The van der Waals surface area contributed by atoms with Crippen molar-refractivity contribution in [2.24, 2.45) is 5.41 Å². The summed E-state index contributed by atoms with van der Waals surface area (Å²) in [6, 6.07) is 11.6. The standard InChI is InChI=1S/C22H24ClFN2O2/c1-22(2,3)21(28)25-10-11-26(19-9-8-17(23)12-18(19)24)20(13-25)16-6-4-15(14-27)5-7-16/h4-9,12,14,20H,10-11,13H2,1-3H3/t20-/m0/s1. The van der Waals surface area contributed by atoms with Gasteiger partial charge in [0.1, 0.15) is 12.1 Å². The highest BCUT2D eigenvalue weighted by molar-refractivity contribution is 6.30. The third kappa shape index (κ3) is 4.20. The Balaban J connectivity index is 1.98. The largest absolute Gasteiger partial charge is 0.359 e. The number of carbonyl (C=O) groups excluding carboxylic acids is 2. The zero-order valence-corrected chi connectivity index (χ0v) is 17.0. The third-order valence-electron chi connectivity index (χ3n) is 4.99. The molecule has 0 spiro atoms. The summed E-state index contributed by atoms with van der Waals surface area (Å²) < 4.78 is 14.6. The van der Waals surface area contributed by atoms with Gasteiger partial charge in [0.05, 0.1) is 11.7 Å². The van der Waals surface area contributed by atoms with Crippen LogP contribution in [0.1, 0.15) is 42.7 Å². The molecule has 28 heavy (non-hydrogen) atoms. The first-order valence-electron chi connectivity index (χ1n) is 9.27. The van der Waals surface area contributed by atoms with Crippen molar-refractivity contribution < 1.29 is 14.0 Å². The number of hydrogen-bond donors (Lipinski definition) is 0. The first-order valence-corrected chi connectivity index (χ1v) is 9.64. The minimum absolute atomic E-state index is 0.0678. The number of carbonyl (C=O) groups is 2. The van der Waals surface area contributed by atoms with Crippen LogP contribution in [0.4, 0.5) is 10.1 Å². The van der Waals surface area contributed by atoms with Crippen LogP contribution in [-0.2, 0) is 4.79 Å². The van der Waals surface area contributed by atoms with Crippen LogP contribution >= 0.6 is 11.6 Å². The van der Waals surface area contributed by atoms with Crippen LogP contribution in [0.25, 0.3) is 0 Å². The molecular formula is C22H24ClFN2O2. The Morgan fingerprint density at radius 3 is 2.39 bits per heavy atom. The average molecular weight is 403 g/mol. The van der Waals surface area contributed by atoms with Crippen molar-refractivity contribution in [2.45, 2.75) is 26.8 Å². The molecule has 2 aromatic carbocycles. The number of nitrogens with zero attached hydrogens (tertiary/aromatic N) is 2. The van der Waals surface area contributed by atoms with E-state index in [4.69, 9.17) is 11.6 Å². The van der Waals surface area contributed by atoms with Crippen LogP contribution in [0.15, 0.2) is 42.5 Å². The monoisotopic (exact) mass is 402 g/mol. The zero-order chi connectivity index (χ0) is 20.5. The number of piperazine rings is 1. The molecule has 4 nitrogen and oxygen atoms in total. The quantitative estimate of drug-likeness (QED) is 0.697. The lowest BCUT2D eigenvalue weighted by Gasteiger charge is -2.44. The van der Waals surface area contributed by atoms with Crippen LogP contribution in [-0.4, -0.2) is 36.7 Å². The molecule has 0 saturated carbocycles. The van der Waals surface area contributed by atoms with Crippen LogP contribution in [0.3, 0.4) is 0 Å². The van der Waals surface area contributed by atoms with E-state index in [1.54, 1.807) is 24.3 Å². The fraction of sp³-hybridized carbons (Fsp3) is 0.364. The summed E-state index contributed by atoms with van der Waals surface area (Å²) >= 11 is 5.91. The Labute approximate surface area is 169 Å². The molecule has 0 N–H and O–H groups in total. The van der Waals surface area contributed by atoms with Crippen molar-refractivity contribution in [3.05, 3.63) is 64.4 Å². The highest BCUT2D eigenvalue weighted by atomic mass is 35.5. The van der Waals surface area contributed by atoms with Crippen LogP contribution in [0.2, 0.25) is 5.02 Å². The number of hydrogen-bond acceptors (Lipinski definition) is 3. The molecular weight excluding hydrogens is 379 g/mol. The summed E-state index contributed by atoms with van der Waals surface area (Å²) in [7, 11) is 0. The Hall–Kier alpha value is -2.40. The molecule has 2 aromatic rings. The van der Waals surface area contributed by atoms with Gasteiger partial charge in [0.15, 0.2) is 0 Å². The molecule has 1 fully saturated rings. The second-order valence-electron chi connectivity index (χ2n) is 8.09. The van der Waals surface area contributed by atoms with E-state index in [9.17, 15) is 14.0 Å². The molecule has 3 rings (SSSR count). The topological polar surface area (TPSA) is 40.6 Å². The summed E-state index contributed by atoms with van der Waals surface area (Å²) in [5.41, 5.74) is 1.47. The Bertz CT molecular complexity index is 877. The molecule has 0 bridgehead atoms. The second-order valence-corrected chi connectivity index (χ2v) is 8.53. The van der Waals surface area contributed by atoms with E-state index in [0.717, 1.165) is 11.8 Å². The van der Waals surface area contributed by atoms with Crippen molar-refractivity contribution in [3.8, 4) is 0 Å². The minimum atomic E-state index is -0.486. The predicted octanol–water partition coefficient (Wildman–Crippen LogP) is 4.73. The van der Waals surface area contributed by atoms with Gasteiger partial charge < -0.3 is 9.80 Å². The molecule has 1 heterocycles.